The van der Waals surface area contributed by atoms with Crippen molar-refractivity contribution in [3.8, 4) is 11.5 Å². The van der Waals surface area contributed by atoms with Crippen LogP contribution in [0.5, 0.6) is 11.5 Å². The second-order valence-electron chi connectivity index (χ2n) is 5.46. The van der Waals surface area contributed by atoms with Crippen LogP contribution >= 0.6 is 12.2 Å². The fraction of sp³-hybridized carbons (Fsp3) is 0.353. The molecule has 0 saturated carbocycles. The van der Waals surface area contributed by atoms with Crippen molar-refractivity contribution in [2.75, 3.05) is 20.8 Å². The summed E-state index contributed by atoms with van der Waals surface area (Å²) in [5, 5.41) is 3.41. The molecule has 2 rings (SSSR count). The Morgan fingerprint density at radius 3 is 2.74 bits per heavy atom. The van der Waals surface area contributed by atoms with Gasteiger partial charge in [0.05, 0.1) is 14.2 Å². The van der Waals surface area contributed by atoms with Gasteiger partial charge in [0.2, 0.25) is 0 Å². The van der Waals surface area contributed by atoms with E-state index >= 15 is 0 Å². The quantitative estimate of drug-likeness (QED) is 0.778. The number of benzene rings is 1. The largest absolute Gasteiger partial charge is 0.497 e. The molecule has 1 atom stereocenters. The maximum atomic E-state index is 5.66. The van der Waals surface area contributed by atoms with Crippen LogP contribution in [0.3, 0.4) is 0 Å². The molecule has 1 aromatic carbocycles. The summed E-state index contributed by atoms with van der Waals surface area (Å²) in [6.07, 6.45) is 8.86. The van der Waals surface area contributed by atoms with Crippen LogP contribution in [-0.4, -0.2) is 36.4 Å². The van der Waals surface area contributed by atoms with E-state index in [0.29, 0.717) is 0 Å². The van der Waals surface area contributed by atoms with Crippen LogP contribution in [0.25, 0.3) is 0 Å². The van der Waals surface area contributed by atoms with Crippen LogP contribution in [0, 0.1) is 0 Å². The van der Waals surface area contributed by atoms with Gasteiger partial charge in [-0.25, -0.2) is 0 Å². The molecule has 0 radical (unpaired) electrons. The molecule has 0 spiro atoms. The van der Waals surface area contributed by atoms with Crippen LogP contribution in [0.15, 0.2) is 42.6 Å². The number of nitrogens with one attached hydrogen (secondary N) is 1. The first-order valence-corrected chi connectivity index (χ1v) is 7.80. The van der Waals surface area contributed by atoms with Gasteiger partial charge >= 0.3 is 0 Å². The summed E-state index contributed by atoms with van der Waals surface area (Å²) in [4.78, 5) is 2.16. The first-order chi connectivity index (χ1) is 11.0. The normalized spacial score (nSPS) is 19.5. The van der Waals surface area contributed by atoms with Gasteiger partial charge < -0.3 is 25.4 Å². The number of allylic oxidation sites excluding steroid dienone is 2. The minimum absolute atomic E-state index is 0.277. The smallest absolute Gasteiger partial charge is 0.165 e. The number of nitrogens with two attached hydrogens (primary N) is 1. The Hall–Kier alpha value is -2.21. The van der Waals surface area contributed by atoms with E-state index in [1.807, 2.05) is 49.6 Å². The van der Waals surface area contributed by atoms with Crippen LogP contribution in [0.2, 0.25) is 0 Å². The van der Waals surface area contributed by atoms with Crippen molar-refractivity contribution in [3.63, 3.8) is 0 Å². The number of hydrogen-bond acceptors (Lipinski definition) is 4. The Bertz CT molecular complexity index is 630. The third-order valence-corrected chi connectivity index (χ3v) is 3.99. The highest BCUT2D eigenvalue weighted by Gasteiger charge is 2.28. The minimum atomic E-state index is -0.430. The zero-order valence-corrected chi connectivity index (χ0v) is 14.5. The molecule has 1 aliphatic rings. The Balaban J connectivity index is 2.11. The molecule has 0 amide bonds. The molecule has 1 unspecified atom stereocenters. The van der Waals surface area contributed by atoms with Gasteiger partial charge in [0.15, 0.2) is 5.11 Å². The maximum Gasteiger partial charge on any atom is 0.165 e. The molecule has 5 nitrogen and oxygen atoms in total. The van der Waals surface area contributed by atoms with Gasteiger partial charge in [-0.15, -0.1) is 0 Å². The lowest BCUT2D eigenvalue weighted by Gasteiger charge is -2.41. The monoisotopic (exact) mass is 333 g/mol. The van der Waals surface area contributed by atoms with Crippen molar-refractivity contribution in [3.05, 3.63) is 48.2 Å². The van der Waals surface area contributed by atoms with Crippen LogP contribution in [0.4, 0.5) is 0 Å². The number of hydrogen-bond donors (Lipinski definition) is 2. The SMILES string of the molecule is COc1ccc(CCN2C=CC=CC2(C)NC(N)=S)c(OC)c1. The molecule has 0 bridgehead atoms. The summed E-state index contributed by atoms with van der Waals surface area (Å²) >= 11 is 4.99. The van der Waals surface area contributed by atoms with Crippen molar-refractivity contribution in [1.82, 2.24) is 10.2 Å². The molecule has 3 N–H and O–H groups in total. The van der Waals surface area contributed by atoms with Crippen molar-refractivity contribution in [2.45, 2.75) is 19.0 Å². The number of methoxy groups -OCH3 is 2. The topological polar surface area (TPSA) is 59.8 Å². The molecular weight excluding hydrogens is 310 g/mol. The summed E-state index contributed by atoms with van der Waals surface area (Å²) in [7, 11) is 3.31. The molecular formula is C17H23N3O2S. The Labute approximate surface area is 142 Å². The average Bonchev–Trinajstić information content (AvgIpc) is 2.53. The third-order valence-electron chi connectivity index (χ3n) is 3.89. The van der Waals surface area contributed by atoms with E-state index in [2.05, 4.69) is 10.2 Å². The highest BCUT2D eigenvalue weighted by molar-refractivity contribution is 7.80. The van der Waals surface area contributed by atoms with E-state index in [1.165, 1.54) is 0 Å². The lowest BCUT2D eigenvalue weighted by atomic mass is 10.1. The fourth-order valence-corrected chi connectivity index (χ4v) is 2.82. The van der Waals surface area contributed by atoms with Gasteiger partial charge in [0, 0.05) is 18.8 Å². The first kappa shape index (κ1) is 17.1. The fourth-order valence-electron chi connectivity index (χ4n) is 2.62. The number of rotatable bonds is 6. The minimum Gasteiger partial charge on any atom is -0.497 e. The first-order valence-electron chi connectivity index (χ1n) is 7.40. The van der Waals surface area contributed by atoms with Crippen molar-refractivity contribution < 1.29 is 9.47 Å². The zero-order chi connectivity index (χ0) is 16.9. The third kappa shape index (κ3) is 4.16. The molecule has 124 valence electrons. The van der Waals surface area contributed by atoms with Crippen molar-refractivity contribution in [2.24, 2.45) is 5.73 Å². The number of ether oxygens (including phenoxy) is 2. The molecule has 0 aromatic heterocycles. The molecule has 1 heterocycles. The van der Waals surface area contributed by atoms with Gasteiger partial charge in [-0.2, -0.15) is 0 Å². The van der Waals surface area contributed by atoms with E-state index in [4.69, 9.17) is 27.4 Å². The molecule has 1 aromatic rings. The number of thiocarbonyl (C=S) groups is 1. The summed E-state index contributed by atoms with van der Waals surface area (Å²) in [5.74, 6) is 1.61. The summed E-state index contributed by atoms with van der Waals surface area (Å²) in [6, 6.07) is 5.86. The van der Waals surface area contributed by atoms with Crippen molar-refractivity contribution >= 4 is 17.3 Å². The van der Waals surface area contributed by atoms with Crippen molar-refractivity contribution in [1.29, 1.82) is 0 Å². The second kappa shape index (κ2) is 7.37. The average molecular weight is 333 g/mol. The van der Waals surface area contributed by atoms with Crippen LogP contribution < -0.4 is 20.5 Å². The van der Waals surface area contributed by atoms with Gasteiger partial charge in [0.25, 0.3) is 0 Å². The molecule has 0 fully saturated rings. The second-order valence-corrected chi connectivity index (χ2v) is 5.90. The molecule has 0 aliphatic carbocycles. The number of nitrogens with zero attached hydrogens (tertiary/aromatic N) is 1. The summed E-state index contributed by atoms with van der Waals surface area (Å²) in [6.45, 7) is 2.83. The molecule has 6 heteroatoms. The molecule has 0 saturated heterocycles. The van der Waals surface area contributed by atoms with Crippen LogP contribution in [0.1, 0.15) is 12.5 Å². The van der Waals surface area contributed by atoms with E-state index in [-0.39, 0.29) is 5.11 Å². The maximum absolute atomic E-state index is 5.66. The highest BCUT2D eigenvalue weighted by Crippen LogP contribution is 2.26. The lowest BCUT2D eigenvalue weighted by Crippen LogP contribution is -2.57. The summed E-state index contributed by atoms with van der Waals surface area (Å²) < 4.78 is 10.7. The van der Waals surface area contributed by atoms with E-state index in [0.717, 1.165) is 30.0 Å². The highest BCUT2D eigenvalue weighted by atomic mass is 32.1. The van der Waals surface area contributed by atoms with Crippen LogP contribution in [-0.2, 0) is 6.42 Å². The predicted octanol–water partition coefficient (Wildman–Crippen LogP) is 2.18. The van der Waals surface area contributed by atoms with E-state index in [9.17, 15) is 0 Å². The van der Waals surface area contributed by atoms with Gasteiger partial charge in [-0.1, -0.05) is 12.1 Å². The summed E-state index contributed by atoms with van der Waals surface area (Å²) in [5.41, 5.74) is 6.35. The van der Waals surface area contributed by atoms with Gasteiger partial charge in [-0.3, -0.25) is 0 Å². The van der Waals surface area contributed by atoms with Gasteiger partial charge in [-0.05, 0) is 49.3 Å². The zero-order valence-electron chi connectivity index (χ0n) is 13.7. The van der Waals surface area contributed by atoms with E-state index < -0.39 is 5.66 Å². The molecule has 23 heavy (non-hydrogen) atoms. The van der Waals surface area contributed by atoms with Gasteiger partial charge in [0.1, 0.15) is 17.2 Å². The van der Waals surface area contributed by atoms with E-state index in [1.54, 1.807) is 14.2 Å². The lowest BCUT2D eigenvalue weighted by molar-refractivity contribution is 0.197. The predicted molar refractivity (Wildman–Crippen MR) is 96.6 cm³/mol. The molecule has 1 aliphatic heterocycles. The Morgan fingerprint density at radius 2 is 2.09 bits per heavy atom. The standard InChI is InChI=1S/C17H23N3O2S/c1-17(19-16(18)23)9-4-5-10-20(17)11-8-13-6-7-14(21-2)12-15(13)22-3/h4-7,9-10,12H,8,11H2,1-3H3,(H3,18,19,23). The Morgan fingerprint density at radius 1 is 1.30 bits per heavy atom. The Kier molecular flexibility index (Phi) is 5.50.